The van der Waals surface area contributed by atoms with Crippen molar-refractivity contribution < 1.29 is 12.6 Å². The Hall–Kier alpha value is -2.43. The highest BCUT2D eigenvalue weighted by atomic mass is 32.2. The Labute approximate surface area is 202 Å². The van der Waals surface area contributed by atoms with Crippen LogP contribution in [0.3, 0.4) is 0 Å². The second-order valence-electron chi connectivity index (χ2n) is 7.65. The van der Waals surface area contributed by atoms with Crippen LogP contribution < -0.4 is 0 Å². The predicted octanol–water partition coefficient (Wildman–Crippen LogP) is 8.18. The molecule has 3 nitrogen and oxygen atoms in total. The van der Waals surface area contributed by atoms with E-state index in [1.807, 2.05) is 6.92 Å². The largest absolute Gasteiger partial charge is 0.296 e. The van der Waals surface area contributed by atoms with Gasteiger partial charge in [0, 0.05) is 0 Å². The van der Waals surface area contributed by atoms with E-state index < -0.39 is 10.1 Å². The summed E-state index contributed by atoms with van der Waals surface area (Å²) in [5.41, 5.74) is 1.02. The van der Waals surface area contributed by atoms with Crippen LogP contribution in [-0.4, -0.2) is 15.0 Å². The molecule has 1 aromatic rings. The number of benzene rings is 1. The Bertz CT molecular complexity index is 899. The van der Waals surface area contributed by atoms with Crippen LogP contribution in [0, 0.1) is 6.92 Å². The average molecular weight is 469 g/mol. The van der Waals surface area contributed by atoms with E-state index in [0.717, 1.165) is 50.5 Å². The fourth-order valence-corrected chi connectivity index (χ4v) is 3.73. The summed E-state index contributed by atoms with van der Waals surface area (Å²) in [6.45, 7) is 4.27. The molecule has 0 amide bonds. The number of rotatable bonds is 17. The standard InChI is InChI=1S/C29H40O3S/c1-3-4-5-6-7-8-9-10-11-12-13-14-15-16-17-18-19-20-21-22-27-32-33(30,31)29-25-23-28(2)24-26-29/h4-5,7-8,10-11,13-14,16-17,19-20,23-26H,3,6,9,12,15,18,21-22,27H2,1-2H3. The van der Waals surface area contributed by atoms with Gasteiger partial charge in [0.05, 0.1) is 11.5 Å². The zero-order chi connectivity index (χ0) is 24.0. The second kappa shape index (κ2) is 19.1. The van der Waals surface area contributed by atoms with Crippen LogP contribution in [0.4, 0.5) is 0 Å². The molecule has 0 bridgehead atoms. The first-order chi connectivity index (χ1) is 16.1. The summed E-state index contributed by atoms with van der Waals surface area (Å²) >= 11 is 0. The van der Waals surface area contributed by atoms with Crippen LogP contribution in [0.25, 0.3) is 0 Å². The second-order valence-corrected chi connectivity index (χ2v) is 9.26. The minimum Gasteiger partial charge on any atom is -0.266 e. The van der Waals surface area contributed by atoms with Gasteiger partial charge in [-0.3, -0.25) is 4.18 Å². The third kappa shape index (κ3) is 15.9. The fourth-order valence-electron chi connectivity index (χ4n) is 2.78. The van der Waals surface area contributed by atoms with Gasteiger partial charge in [-0.1, -0.05) is 97.5 Å². The van der Waals surface area contributed by atoms with Crippen molar-refractivity contribution in [2.45, 2.75) is 70.1 Å². The Morgan fingerprint density at radius 2 is 1.09 bits per heavy atom. The highest BCUT2D eigenvalue weighted by Gasteiger charge is 2.13. The lowest BCUT2D eigenvalue weighted by molar-refractivity contribution is 0.313. The Morgan fingerprint density at radius 1 is 0.667 bits per heavy atom. The normalized spacial score (nSPS) is 13.3. The molecule has 0 spiro atoms. The molecule has 0 aliphatic heterocycles. The van der Waals surface area contributed by atoms with E-state index >= 15 is 0 Å². The minimum absolute atomic E-state index is 0.197. The van der Waals surface area contributed by atoms with Crippen molar-refractivity contribution in [3.8, 4) is 0 Å². The van der Waals surface area contributed by atoms with Crippen LogP contribution in [0.15, 0.2) is 102 Å². The topological polar surface area (TPSA) is 43.4 Å². The molecular weight excluding hydrogens is 428 g/mol. The summed E-state index contributed by atoms with van der Waals surface area (Å²) in [6, 6.07) is 6.70. The Kier molecular flexibility index (Phi) is 16.5. The number of unbranched alkanes of at least 4 members (excludes halogenated alkanes) is 1. The summed E-state index contributed by atoms with van der Waals surface area (Å²) in [5.74, 6) is 0. The third-order valence-corrected chi connectivity index (χ3v) is 5.99. The van der Waals surface area contributed by atoms with E-state index in [0.29, 0.717) is 6.42 Å². The van der Waals surface area contributed by atoms with Crippen molar-refractivity contribution in [3.05, 3.63) is 103 Å². The lowest BCUT2D eigenvalue weighted by atomic mass is 10.2. The highest BCUT2D eigenvalue weighted by Crippen LogP contribution is 2.13. The zero-order valence-electron chi connectivity index (χ0n) is 20.2. The summed E-state index contributed by atoms with van der Waals surface area (Å²) in [6.07, 6.45) is 33.4. The summed E-state index contributed by atoms with van der Waals surface area (Å²) in [4.78, 5) is 0.210. The van der Waals surface area contributed by atoms with Crippen LogP contribution in [0.1, 0.15) is 63.9 Å². The molecule has 33 heavy (non-hydrogen) atoms. The molecule has 0 radical (unpaired) electrons. The molecule has 0 saturated heterocycles. The quantitative estimate of drug-likeness (QED) is 0.131. The Balaban J connectivity index is 2.03. The van der Waals surface area contributed by atoms with E-state index in [1.54, 1.807) is 24.3 Å². The molecule has 180 valence electrons. The van der Waals surface area contributed by atoms with Crippen LogP contribution in [-0.2, 0) is 14.3 Å². The summed E-state index contributed by atoms with van der Waals surface area (Å²) in [5, 5.41) is 0. The van der Waals surface area contributed by atoms with Crippen molar-refractivity contribution in [1.82, 2.24) is 0 Å². The monoisotopic (exact) mass is 468 g/mol. The zero-order valence-corrected chi connectivity index (χ0v) is 21.1. The van der Waals surface area contributed by atoms with E-state index in [-0.39, 0.29) is 11.5 Å². The van der Waals surface area contributed by atoms with Crippen molar-refractivity contribution in [2.24, 2.45) is 0 Å². The summed E-state index contributed by atoms with van der Waals surface area (Å²) < 4.78 is 29.3. The fraction of sp³-hybridized carbons (Fsp3) is 0.379. The molecule has 0 heterocycles. The van der Waals surface area contributed by atoms with Gasteiger partial charge >= 0.3 is 0 Å². The van der Waals surface area contributed by atoms with Crippen LogP contribution >= 0.6 is 0 Å². The molecule has 0 N–H and O–H groups in total. The van der Waals surface area contributed by atoms with Gasteiger partial charge in [0.1, 0.15) is 0 Å². The molecule has 4 heteroatoms. The highest BCUT2D eigenvalue weighted by molar-refractivity contribution is 7.86. The van der Waals surface area contributed by atoms with E-state index in [9.17, 15) is 8.42 Å². The van der Waals surface area contributed by atoms with Crippen molar-refractivity contribution >= 4 is 10.1 Å². The van der Waals surface area contributed by atoms with Gasteiger partial charge in [-0.15, -0.1) is 0 Å². The van der Waals surface area contributed by atoms with Gasteiger partial charge in [-0.25, -0.2) is 0 Å². The van der Waals surface area contributed by atoms with Gasteiger partial charge < -0.3 is 0 Å². The van der Waals surface area contributed by atoms with Crippen LogP contribution in [0.2, 0.25) is 0 Å². The first-order valence-corrected chi connectivity index (χ1v) is 13.3. The number of aryl methyl sites for hydroxylation is 1. The molecule has 0 aliphatic rings. The molecule has 1 rings (SSSR count). The van der Waals surface area contributed by atoms with E-state index in [4.69, 9.17) is 4.18 Å². The van der Waals surface area contributed by atoms with Crippen molar-refractivity contribution in [2.75, 3.05) is 6.61 Å². The van der Waals surface area contributed by atoms with Gasteiger partial charge in [0.15, 0.2) is 0 Å². The number of hydrogen-bond donors (Lipinski definition) is 0. The molecule has 1 aromatic carbocycles. The lowest BCUT2D eigenvalue weighted by Crippen LogP contribution is -2.07. The molecule has 0 aromatic heterocycles. The SMILES string of the molecule is CCC=CCC=CCC=CCC=CCC=CCC=CCCCOS(=O)(=O)c1ccc(C)cc1. The van der Waals surface area contributed by atoms with Gasteiger partial charge in [-0.2, -0.15) is 8.42 Å². The first kappa shape index (κ1) is 28.6. The lowest BCUT2D eigenvalue weighted by Gasteiger charge is -2.05. The van der Waals surface area contributed by atoms with Crippen molar-refractivity contribution in [3.63, 3.8) is 0 Å². The minimum atomic E-state index is -3.65. The molecule has 0 unspecified atom stereocenters. The van der Waals surface area contributed by atoms with Crippen molar-refractivity contribution in [1.29, 1.82) is 0 Å². The predicted molar refractivity (Wildman–Crippen MR) is 142 cm³/mol. The number of allylic oxidation sites excluding steroid dienone is 12. The summed E-state index contributed by atoms with van der Waals surface area (Å²) in [7, 11) is -3.65. The molecular formula is C29H40O3S. The first-order valence-electron chi connectivity index (χ1n) is 11.9. The third-order valence-electron chi connectivity index (χ3n) is 4.66. The molecule has 0 fully saturated rings. The van der Waals surface area contributed by atoms with Gasteiger partial charge in [-0.05, 0) is 70.4 Å². The van der Waals surface area contributed by atoms with E-state index in [2.05, 4.69) is 79.8 Å². The number of hydrogen-bond acceptors (Lipinski definition) is 3. The smallest absolute Gasteiger partial charge is 0.266 e. The maximum absolute atomic E-state index is 12.1. The molecule has 0 saturated carbocycles. The average Bonchev–Trinajstić information content (AvgIpc) is 2.80. The van der Waals surface area contributed by atoms with Gasteiger partial charge in [0.25, 0.3) is 10.1 Å². The maximum Gasteiger partial charge on any atom is 0.296 e. The van der Waals surface area contributed by atoms with Crippen LogP contribution in [0.5, 0.6) is 0 Å². The van der Waals surface area contributed by atoms with Gasteiger partial charge in [0.2, 0.25) is 0 Å². The maximum atomic E-state index is 12.1. The molecule has 0 aliphatic carbocycles. The Morgan fingerprint density at radius 3 is 1.55 bits per heavy atom. The molecule has 0 atom stereocenters. The van der Waals surface area contributed by atoms with E-state index in [1.165, 1.54) is 0 Å².